The van der Waals surface area contributed by atoms with Crippen molar-refractivity contribution in [1.29, 1.82) is 0 Å². The van der Waals surface area contributed by atoms with Crippen molar-refractivity contribution in [2.24, 2.45) is 5.92 Å². The average Bonchev–Trinajstić information content (AvgIpc) is 2.31. The highest BCUT2D eigenvalue weighted by molar-refractivity contribution is 9.10. The summed E-state index contributed by atoms with van der Waals surface area (Å²) >= 11 is 9.14. The highest BCUT2D eigenvalue weighted by Crippen LogP contribution is 2.27. The number of carboxylic acid groups (broad SMARTS) is 1. The summed E-state index contributed by atoms with van der Waals surface area (Å²) in [5, 5.41) is 9.53. The second-order valence-electron chi connectivity index (χ2n) is 5.60. The molecule has 1 aromatic rings. The van der Waals surface area contributed by atoms with Crippen LogP contribution in [0.25, 0.3) is 0 Å². The summed E-state index contributed by atoms with van der Waals surface area (Å²) < 4.78 is 5.70. The molecule has 0 saturated heterocycles. The van der Waals surface area contributed by atoms with Gasteiger partial charge in [0.25, 0.3) is 0 Å². The molecule has 1 unspecified atom stereocenters. The zero-order chi connectivity index (χ0) is 16.2. The summed E-state index contributed by atoms with van der Waals surface area (Å²) in [5.41, 5.74) is 0.0479. The van der Waals surface area contributed by atoms with Crippen LogP contribution in [0.5, 0.6) is 0 Å². The third-order valence-corrected chi connectivity index (χ3v) is 3.97. The standard InChI is InChI=1S/C14H17BrClNO4/c1-14(2,3)21-10(18)7-9(13(19)20)6-8-4-5-17-12(16)11(8)15/h4-5,9H,6-7H2,1-3H3,(H,19,20). The zero-order valence-electron chi connectivity index (χ0n) is 12.0. The van der Waals surface area contributed by atoms with Crippen LogP contribution in [0.1, 0.15) is 32.8 Å². The maximum absolute atomic E-state index is 11.8. The molecule has 1 heterocycles. The van der Waals surface area contributed by atoms with Crippen LogP contribution in [0.15, 0.2) is 16.7 Å². The first-order valence-corrected chi connectivity index (χ1v) is 7.51. The van der Waals surface area contributed by atoms with Crippen LogP contribution in [-0.4, -0.2) is 27.6 Å². The van der Waals surface area contributed by atoms with Gasteiger partial charge in [0, 0.05) is 6.20 Å². The molecule has 0 saturated carbocycles. The van der Waals surface area contributed by atoms with E-state index in [0.29, 0.717) is 10.0 Å². The van der Waals surface area contributed by atoms with E-state index in [4.69, 9.17) is 16.3 Å². The van der Waals surface area contributed by atoms with E-state index in [-0.39, 0.29) is 18.0 Å². The van der Waals surface area contributed by atoms with Crippen molar-refractivity contribution in [3.05, 3.63) is 27.5 Å². The molecule has 1 rings (SSSR count). The number of carbonyl (C=O) groups is 2. The lowest BCUT2D eigenvalue weighted by Gasteiger charge is -2.21. The molecule has 0 bridgehead atoms. The predicted octanol–water partition coefficient (Wildman–Crippen LogP) is 3.47. The van der Waals surface area contributed by atoms with Crippen LogP contribution in [0.3, 0.4) is 0 Å². The Labute approximate surface area is 136 Å². The Morgan fingerprint density at radius 2 is 2.10 bits per heavy atom. The molecule has 0 radical (unpaired) electrons. The minimum Gasteiger partial charge on any atom is -0.481 e. The topological polar surface area (TPSA) is 76.5 Å². The number of aromatic nitrogens is 1. The molecule has 1 atom stereocenters. The molecule has 0 aliphatic carbocycles. The number of nitrogens with zero attached hydrogens (tertiary/aromatic N) is 1. The van der Waals surface area contributed by atoms with Crippen molar-refractivity contribution in [1.82, 2.24) is 4.98 Å². The molecule has 0 aliphatic rings. The molecule has 0 spiro atoms. The Hall–Kier alpha value is -1.14. The molecule has 0 aromatic carbocycles. The van der Waals surface area contributed by atoms with Crippen molar-refractivity contribution in [3.63, 3.8) is 0 Å². The number of aliphatic carboxylic acids is 1. The molecule has 1 N–H and O–H groups in total. The predicted molar refractivity (Wildman–Crippen MR) is 82.2 cm³/mol. The Bertz CT molecular complexity index is 542. The van der Waals surface area contributed by atoms with Gasteiger partial charge in [0.2, 0.25) is 0 Å². The van der Waals surface area contributed by atoms with Gasteiger partial charge in [-0.1, -0.05) is 11.6 Å². The van der Waals surface area contributed by atoms with Crippen LogP contribution < -0.4 is 0 Å². The van der Waals surface area contributed by atoms with Gasteiger partial charge in [-0.15, -0.1) is 0 Å². The normalized spacial score (nSPS) is 12.8. The fraction of sp³-hybridized carbons (Fsp3) is 0.500. The van der Waals surface area contributed by atoms with Gasteiger partial charge in [0.15, 0.2) is 0 Å². The van der Waals surface area contributed by atoms with E-state index in [1.165, 1.54) is 6.20 Å². The molecular formula is C14H17BrClNO4. The number of pyridine rings is 1. The first kappa shape index (κ1) is 17.9. The molecule has 0 amide bonds. The quantitative estimate of drug-likeness (QED) is 0.627. The summed E-state index contributed by atoms with van der Waals surface area (Å²) in [4.78, 5) is 27.0. The largest absolute Gasteiger partial charge is 0.481 e. The Balaban J connectivity index is 2.82. The summed E-state index contributed by atoms with van der Waals surface area (Å²) in [7, 11) is 0. The second-order valence-corrected chi connectivity index (χ2v) is 6.76. The van der Waals surface area contributed by atoms with Crippen LogP contribution in [0.2, 0.25) is 5.15 Å². The maximum atomic E-state index is 11.8. The number of hydrogen-bond acceptors (Lipinski definition) is 4. The fourth-order valence-corrected chi connectivity index (χ4v) is 2.28. The van der Waals surface area contributed by atoms with Crippen molar-refractivity contribution in [2.75, 3.05) is 0 Å². The Kier molecular flexibility index (Phi) is 6.16. The number of hydrogen-bond donors (Lipinski definition) is 1. The SMILES string of the molecule is CC(C)(C)OC(=O)CC(Cc1ccnc(Cl)c1Br)C(=O)O. The van der Waals surface area contributed by atoms with Crippen LogP contribution in [-0.2, 0) is 20.7 Å². The van der Waals surface area contributed by atoms with E-state index in [2.05, 4.69) is 20.9 Å². The van der Waals surface area contributed by atoms with E-state index in [9.17, 15) is 14.7 Å². The minimum absolute atomic E-state index is 0.164. The number of halogens is 2. The molecular weight excluding hydrogens is 362 g/mol. The summed E-state index contributed by atoms with van der Waals surface area (Å²) in [6.07, 6.45) is 1.46. The first-order valence-electron chi connectivity index (χ1n) is 6.33. The molecule has 7 heteroatoms. The molecule has 116 valence electrons. The van der Waals surface area contributed by atoms with E-state index < -0.39 is 23.5 Å². The lowest BCUT2D eigenvalue weighted by atomic mass is 9.97. The number of carbonyl (C=O) groups excluding carboxylic acids is 1. The monoisotopic (exact) mass is 377 g/mol. The third kappa shape index (κ3) is 6.01. The van der Waals surface area contributed by atoms with Gasteiger partial charge in [-0.2, -0.15) is 0 Å². The van der Waals surface area contributed by atoms with Crippen molar-refractivity contribution in [3.8, 4) is 0 Å². The van der Waals surface area contributed by atoms with Gasteiger partial charge in [-0.25, -0.2) is 4.98 Å². The van der Waals surface area contributed by atoms with Gasteiger partial charge in [0.1, 0.15) is 10.8 Å². The first-order chi connectivity index (χ1) is 9.60. The third-order valence-electron chi connectivity index (χ3n) is 2.58. The lowest BCUT2D eigenvalue weighted by Crippen LogP contribution is -2.28. The Morgan fingerprint density at radius 3 is 2.62 bits per heavy atom. The second kappa shape index (κ2) is 7.22. The van der Waals surface area contributed by atoms with Gasteiger partial charge < -0.3 is 9.84 Å². The van der Waals surface area contributed by atoms with Crippen molar-refractivity contribution >= 4 is 39.5 Å². The van der Waals surface area contributed by atoms with Crippen LogP contribution in [0.4, 0.5) is 0 Å². The van der Waals surface area contributed by atoms with Gasteiger partial charge >= 0.3 is 11.9 Å². The van der Waals surface area contributed by atoms with E-state index in [1.54, 1.807) is 26.8 Å². The van der Waals surface area contributed by atoms with E-state index >= 15 is 0 Å². The molecule has 1 aromatic heterocycles. The fourth-order valence-electron chi connectivity index (χ4n) is 1.71. The lowest BCUT2D eigenvalue weighted by molar-refractivity contribution is -0.159. The zero-order valence-corrected chi connectivity index (χ0v) is 14.4. The van der Waals surface area contributed by atoms with Crippen molar-refractivity contribution < 1.29 is 19.4 Å². The van der Waals surface area contributed by atoms with Gasteiger partial charge in [-0.05, 0) is 54.8 Å². The maximum Gasteiger partial charge on any atom is 0.307 e. The van der Waals surface area contributed by atoms with Gasteiger partial charge in [-0.3, -0.25) is 9.59 Å². The van der Waals surface area contributed by atoms with E-state index in [1.807, 2.05) is 0 Å². The van der Waals surface area contributed by atoms with Crippen molar-refractivity contribution in [2.45, 2.75) is 39.2 Å². The summed E-state index contributed by atoms with van der Waals surface area (Å²) in [6.45, 7) is 5.21. The number of carboxylic acids is 1. The van der Waals surface area contributed by atoms with E-state index in [0.717, 1.165) is 0 Å². The number of esters is 1. The summed E-state index contributed by atoms with van der Waals surface area (Å²) in [6, 6.07) is 1.67. The van der Waals surface area contributed by atoms with Crippen LogP contribution >= 0.6 is 27.5 Å². The smallest absolute Gasteiger partial charge is 0.307 e. The van der Waals surface area contributed by atoms with Crippen LogP contribution in [0, 0.1) is 5.92 Å². The molecule has 21 heavy (non-hydrogen) atoms. The average molecular weight is 379 g/mol. The minimum atomic E-state index is -1.05. The highest BCUT2D eigenvalue weighted by Gasteiger charge is 2.26. The summed E-state index contributed by atoms with van der Waals surface area (Å²) in [5.74, 6) is -2.47. The molecule has 5 nitrogen and oxygen atoms in total. The van der Waals surface area contributed by atoms with Gasteiger partial charge in [0.05, 0.1) is 16.8 Å². The Morgan fingerprint density at radius 1 is 1.48 bits per heavy atom. The highest BCUT2D eigenvalue weighted by atomic mass is 79.9. The number of rotatable bonds is 5. The number of ether oxygens (including phenoxy) is 1. The molecule has 0 fully saturated rings. The molecule has 0 aliphatic heterocycles.